The fourth-order valence-electron chi connectivity index (χ4n) is 3.65. The standard InChI is InChI=1S/C25H28N2O4/c1-3-5-8-20(29-4-2)12-11-19-7-6-9-23(26-19)27-24(28)25(14-15-25)18-10-13-21-22(16-18)31-17-30-21/h5-10,12-13,16H,3-4,11,14-15,17H2,1-2H3,(H,26,27,28)/b8-5-,20-12+. The summed E-state index contributed by atoms with van der Waals surface area (Å²) in [6, 6.07) is 11.4. The van der Waals surface area contributed by atoms with Crippen molar-refractivity contribution in [3.8, 4) is 11.5 Å². The minimum absolute atomic E-state index is 0.0348. The van der Waals surface area contributed by atoms with Crippen LogP contribution in [0.15, 0.2) is 60.4 Å². The first-order valence-corrected chi connectivity index (χ1v) is 10.8. The van der Waals surface area contributed by atoms with E-state index in [1.54, 1.807) is 0 Å². The number of nitrogens with zero attached hydrogens (tertiary/aromatic N) is 1. The van der Waals surface area contributed by atoms with E-state index in [-0.39, 0.29) is 12.7 Å². The number of anilines is 1. The Labute approximate surface area is 182 Å². The molecule has 0 spiro atoms. The van der Waals surface area contributed by atoms with E-state index in [1.165, 1.54) is 0 Å². The highest BCUT2D eigenvalue weighted by atomic mass is 16.7. The SMILES string of the molecule is CC/C=C\C(=C/Cc1cccc(NC(=O)C2(c3ccc4c(c3)OCO4)CC2)n1)OCC. The van der Waals surface area contributed by atoms with Crippen LogP contribution in [0, 0.1) is 0 Å². The fraction of sp³-hybridized carbons (Fsp3) is 0.360. The van der Waals surface area contributed by atoms with Crippen LogP contribution in [0.2, 0.25) is 0 Å². The van der Waals surface area contributed by atoms with Crippen LogP contribution in [0.1, 0.15) is 44.4 Å². The maximum atomic E-state index is 13.1. The molecule has 0 bridgehead atoms. The van der Waals surface area contributed by atoms with Crippen LogP contribution in [0.4, 0.5) is 5.82 Å². The first-order valence-electron chi connectivity index (χ1n) is 10.8. The van der Waals surface area contributed by atoms with Crippen LogP contribution < -0.4 is 14.8 Å². The van der Waals surface area contributed by atoms with E-state index in [0.717, 1.165) is 42.0 Å². The van der Waals surface area contributed by atoms with Crippen molar-refractivity contribution >= 4 is 11.7 Å². The molecular formula is C25H28N2O4. The van der Waals surface area contributed by atoms with Gasteiger partial charge in [-0.3, -0.25) is 4.79 Å². The summed E-state index contributed by atoms with van der Waals surface area (Å²) in [6.07, 6.45) is 9.26. The van der Waals surface area contributed by atoms with Crippen molar-refractivity contribution in [1.29, 1.82) is 0 Å². The lowest BCUT2D eigenvalue weighted by molar-refractivity contribution is -0.118. The number of ether oxygens (including phenoxy) is 3. The van der Waals surface area contributed by atoms with Crippen LogP contribution in [0.25, 0.3) is 0 Å². The van der Waals surface area contributed by atoms with E-state index in [4.69, 9.17) is 14.2 Å². The smallest absolute Gasteiger partial charge is 0.236 e. The van der Waals surface area contributed by atoms with Crippen molar-refractivity contribution in [1.82, 2.24) is 4.98 Å². The summed E-state index contributed by atoms with van der Waals surface area (Å²) in [5, 5.41) is 3.01. The Morgan fingerprint density at radius 3 is 2.81 bits per heavy atom. The van der Waals surface area contributed by atoms with Crippen molar-refractivity contribution in [2.45, 2.75) is 44.9 Å². The van der Waals surface area contributed by atoms with Gasteiger partial charge in [-0.2, -0.15) is 0 Å². The molecule has 1 aromatic heterocycles. The van der Waals surface area contributed by atoms with Gasteiger partial charge >= 0.3 is 0 Å². The maximum absolute atomic E-state index is 13.1. The zero-order chi connectivity index (χ0) is 21.7. The molecule has 6 heteroatoms. The number of allylic oxidation sites excluding steroid dienone is 3. The van der Waals surface area contributed by atoms with Crippen LogP contribution in [0.5, 0.6) is 11.5 Å². The van der Waals surface area contributed by atoms with Gasteiger partial charge in [0.2, 0.25) is 12.7 Å². The van der Waals surface area contributed by atoms with E-state index in [9.17, 15) is 4.79 Å². The molecule has 2 aliphatic rings. The Hall–Kier alpha value is -3.28. The zero-order valence-corrected chi connectivity index (χ0v) is 18.0. The molecule has 0 radical (unpaired) electrons. The van der Waals surface area contributed by atoms with Gasteiger partial charge in [0.1, 0.15) is 11.6 Å². The highest BCUT2D eigenvalue weighted by Crippen LogP contribution is 2.51. The molecule has 0 saturated heterocycles. The van der Waals surface area contributed by atoms with E-state index in [2.05, 4.69) is 23.3 Å². The normalized spacial score (nSPS) is 16.4. The van der Waals surface area contributed by atoms with Crippen LogP contribution in [-0.2, 0) is 21.4 Å². The number of nitrogens with one attached hydrogen (secondary N) is 1. The summed E-state index contributed by atoms with van der Waals surface area (Å²) in [4.78, 5) is 17.7. The highest BCUT2D eigenvalue weighted by molar-refractivity contribution is 6.01. The minimum Gasteiger partial charge on any atom is -0.494 e. The summed E-state index contributed by atoms with van der Waals surface area (Å²) in [5.41, 5.74) is 1.30. The lowest BCUT2D eigenvalue weighted by Gasteiger charge is -2.16. The molecule has 4 rings (SSSR count). The maximum Gasteiger partial charge on any atom is 0.236 e. The minimum atomic E-state index is -0.522. The average Bonchev–Trinajstić information content (AvgIpc) is 3.47. The van der Waals surface area contributed by atoms with Gasteiger partial charge in [-0.25, -0.2) is 4.98 Å². The highest BCUT2D eigenvalue weighted by Gasteiger charge is 2.51. The number of hydrogen-bond acceptors (Lipinski definition) is 5. The molecule has 6 nitrogen and oxygen atoms in total. The Balaban J connectivity index is 1.45. The number of rotatable bonds is 9. The van der Waals surface area contributed by atoms with E-state index in [0.29, 0.717) is 24.6 Å². The van der Waals surface area contributed by atoms with Crippen molar-refractivity contribution in [2.75, 3.05) is 18.7 Å². The van der Waals surface area contributed by atoms with E-state index in [1.807, 2.05) is 55.5 Å². The Morgan fingerprint density at radius 1 is 1.19 bits per heavy atom. The molecule has 1 saturated carbocycles. The predicted molar refractivity (Wildman–Crippen MR) is 119 cm³/mol. The topological polar surface area (TPSA) is 69.7 Å². The second kappa shape index (κ2) is 9.25. The Bertz CT molecular complexity index is 1010. The first kappa shape index (κ1) is 21.0. The van der Waals surface area contributed by atoms with Crippen molar-refractivity contribution in [2.24, 2.45) is 0 Å². The predicted octanol–water partition coefficient (Wildman–Crippen LogP) is 4.91. The number of aromatic nitrogens is 1. The molecule has 1 aliphatic carbocycles. The number of carbonyl (C=O) groups excluding carboxylic acids is 1. The number of pyridine rings is 1. The lowest BCUT2D eigenvalue weighted by atomic mass is 9.94. The average molecular weight is 421 g/mol. The Kier molecular flexibility index (Phi) is 6.26. The third-order valence-electron chi connectivity index (χ3n) is 5.50. The van der Waals surface area contributed by atoms with E-state index < -0.39 is 5.41 Å². The quantitative estimate of drug-likeness (QED) is 0.461. The van der Waals surface area contributed by atoms with Crippen LogP contribution >= 0.6 is 0 Å². The zero-order valence-electron chi connectivity index (χ0n) is 18.0. The van der Waals surface area contributed by atoms with Crippen LogP contribution in [-0.4, -0.2) is 24.3 Å². The molecule has 0 atom stereocenters. The molecule has 31 heavy (non-hydrogen) atoms. The van der Waals surface area contributed by atoms with Gasteiger partial charge in [-0.15, -0.1) is 0 Å². The lowest BCUT2D eigenvalue weighted by Crippen LogP contribution is -2.28. The van der Waals surface area contributed by atoms with Gasteiger partial charge in [0.15, 0.2) is 11.5 Å². The molecular weight excluding hydrogens is 392 g/mol. The van der Waals surface area contributed by atoms with Gasteiger partial charge in [0, 0.05) is 12.1 Å². The largest absolute Gasteiger partial charge is 0.494 e. The van der Waals surface area contributed by atoms with Gasteiger partial charge < -0.3 is 19.5 Å². The van der Waals surface area contributed by atoms with Crippen LogP contribution in [0.3, 0.4) is 0 Å². The second-order valence-electron chi connectivity index (χ2n) is 7.67. The third-order valence-corrected chi connectivity index (χ3v) is 5.50. The summed E-state index contributed by atoms with van der Waals surface area (Å²) in [7, 11) is 0. The second-order valence-corrected chi connectivity index (χ2v) is 7.67. The number of hydrogen-bond donors (Lipinski definition) is 1. The first-order chi connectivity index (χ1) is 15.1. The van der Waals surface area contributed by atoms with E-state index >= 15 is 0 Å². The number of fused-ring (bicyclic) bond motifs is 1. The summed E-state index contributed by atoms with van der Waals surface area (Å²) < 4.78 is 16.5. The molecule has 1 N–H and O–H groups in total. The van der Waals surface area contributed by atoms with Gasteiger partial charge in [-0.1, -0.05) is 25.1 Å². The molecule has 0 unspecified atom stereocenters. The number of carbonyl (C=O) groups is 1. The third kappa shape index (κ3) is 4.74. The van der Waals surface area contributed by atoms with Gasteiger partial charge in [-0.05, 0) is 68.2 Å². The fourth-order valence-corrected chi connectivity index (χ4v) is 3.65. The molecule has 2 heterocycles. The summed E-state index contributed by atoms with van der Waals surface area (Å²) >= 11 is 0. The monoisotopic (exact) mass is 420 g/mol. The molecule has 1 aromatic carbocycles. The summed E-state index contributed by atoms with van der Waals surface area (Å²) in [6.45, 7) is 4.90. The molecule has 1 fully saturated rings. The number of amides is 1. The molecule has 162 valence electrons. The van der Waals surface area contributed by atoms with Crippen molar-refractivity contribution < 1.29 is 19.0 Å². The molecule has 1 aliphatic heterocycles. The van der Waals surface area contributed by atoms with Gasteiger partial charge in [0.25, 0.3) is 0 Å². The summed E-state index contributed by atoms with van der Waals surface area (Å²) in [5.74, 6) is 2.78. The Morgan fingerprint density at radius 2 is 2.03 bits per heavy atom. The molecule has 2 aromatic rings. The number of benzene rings is 1. The van der Waals surface area contributed by atoms with Gasteiger partial charge in [0.05, 0.1) is 12.0 Å². The van der Waals surface area contributed by atoms with Crippen molar-refractivity contribution in [3.05, 3.63) is 71.6 Å². The molecule has 1 amide bonds. The van der Waals surface area contributed by atoms with Crippen molar-refractivity contribution in [3.63, 3.8) is 0 Å².